The van der Waals surface area contributed by atoms with E-state index in [4.69, 9.17) is 4.74 Å². The Bertz CT molecular complexity index is 269. The van der Waals surface area contributed by atoms with Gasteiger partial charge in [0.05, 0.1) is 0 Å². The summed E-state index contributed by atoms with van der Waals surface area (Å²) in [5.41, 5.74) is 0.733. The summed E-state index contributed by atoms with van der Waals surface area (Å²) in [5.74, 6) is 0. The summed E-state index contributed by atoms with van der Waals surface area (Å²) in [4.78, 5) is 0. The molecule has 2 rings (SSSR count). The molecule has 2 unspecified atom stereocenters. The van der Waals surface area contributed by atoms with Crippen LogP contribution in [0, 0.1) is 0 Å². The van der Waals surface area contributed by atoms with E-state index < -0.39 is 23.4 Å². The highest BCUT2D eigenvalue weighted by Crippen LogP contribution is 2.53. The molecule has 0 radical (unpaired) electrons. The van der Waals surface area contributed by atoms with Crippen molar-refractivity contribution in [3.63, 3.8) is 0 Å². The molecule has 0 aromatic carbocycles. The summed E-state index contributed by atoms with van der Waals surface area (Å²) in [7, 11) is 0. The molecule has 1 saturated heterocycles. The molecule has 0 amide bonds. The fourth-order valence-electron chi connectivity index (χ4n) is 2.51. The predicted octanol–water partition coefficient (Wildman–Crippen LogP) is 0.606. The fraction of sp³-hybridized carbons (Fsp3) is 0.800. The van der Waals surface area contributed by atoms with E-state index in [0.717, 1.165) is 11.1 Å². The maximum Gasteiger partial charge on any atom is 0.116 e. The van der Waals surface area contributed by atoms with Crippen molar-refractivity contribution in [2.45, 2.75) is 51.1 Å². The number of hydrogen-bond acceptors (Lipinski definition) is 3. The third-order valence-corrected chi connectivity index (χ3v) is 3.90. The number of hydrogen-bond donors (Lipinski definition) is 2. The second-order valence-electron chi connectivity index (χ2n) is 4.46. The van der Waals surface area contributed by atoms with Crippen LogP contribution >= 0.6 is 0 Å². The highest BCUT2D eigenvalue weighted by Gasteiger charge is 2.64. The van der Waals surface area contributed by atoms with Crippen LogP contribution in [0.25, 0.3) is 0 Å². The lowest BCUT2D eigenvalue weighted by atomic mass is 9.75. The van der Waals surface area contributed by atoms with Gasteiger partial charge in [0.1, 0.15) is 23.4 Å². The molecule has 74 valence electrons. The Morgan fingerprint density at radius 3 is 1.54 bits per heavy atom. The Hall–Kier alpha value is -0.380. The van der Waals surface area contributed by atoms with E-state index in [2.05, 4.69) is 0 Å². The van der Waals surface area contributed by atoms with Crippen molar-refractivity contribution in [1.29, 1.82) is 0 Å². The molecule has 0 aromatic rings. The van der Waals surface area contributed by atoms with E-state index in [1.165, 1.54) is 0 Å². The third-order valence-electron chi connectivity index (χ3n) is 3.90. The molecule has 1 fully saturated rings. The number of rotatable bonds is 0. The lowest BCUT2D eigenvalue weighted by molar-refractivity contribution is -0.0523. The van der Waals surface area contributed by atoms with E-state index in [9.17, 15) is 10.2 Å². The lowest BCUT2D eigenvalue weighted by Gasteiger charge is -2.31. The Morgan fingerprint density at radius 2 is 1.31 bits per heavy atom. The quantitative estimate of drug-likeness (QED) is 0.542. The second kappa shape index (κ2) is 2.16. The molecule has 4 atom stereocenters. The number of aliphatic hydroxyl groups is 2. The maximum absolute atomic E-state index is 9.79. The first-order valence-corrected chi connectivity index (χ1v) is 4.59. The van der Waals surface area contributed by atoms with E-state index >= 15 is 0 Å². The second-order valence-corrected chi connectivity index (χ2v) is 4.46. The Morgan fingerprint density at radius 1 is 1.00 bits per heavy atom. The van der Waals surface area contributed by atoms with E-state index in [-0.39, 0.29) is 0 Å². The Balaban J connectivity index is 2.58. The van der Waals surface area contributed by atoms with E-state index in [0.29, 0.717) is 0 Å². The largest absolute Gasteiger partial charge is 0.387 e. The van der Waals surface area contributed by atoms with Crippen LogP contribution < -0.4 is 0 Å². The zero-order valence-electron chi connectivity index (χ0n) is 8.46. The van der Waals surface area contributed by atoms with Gasteiger partial charge < -0.3 is 14.9 Å². The molecule has 3 nitrogen and oxygen atoms in total. The minimum Gasteiger partial charge on any atom is -0.387 e. The smallest absolute Gasteiger partial charge is 0.116 e. The zero-order chi connectivity index (χ0) is 10.0. The van der Waals surface area contributed by atoms with E-state index in [1.807, 2.05) is 27.7 Å². The molecule has 2 heterocycles. The minimum atomic E-state index is -0.804. The molecule has 0 spiro atoms. The van der Waals surface area contributed by atoms with Crippen molar-refractivity contribution in [2.24, 2.45) is 0 Å². The summed E-state index contributed by atoms with van der Waals surface area (Å²) < 4.78 is 5.72. The van der Waals surface area contributed by atoms with Crippen molar-refractivity contribution in [2.75, 3.05) is 0 Å². The van der Waals surface area contributed by atoms with Crippen LogP contribution in [0.2, 0.25) is 0 Å². The summed E-state index contributed by atoms with van der Waals surface area (Å²) in [6, 6.07) is 0. The molecular weight excluding hydrogens is 168 g/mol. The standard InChI is InChI=1S/C10H16O3/c1-5-6(2)10(4)8(12)7(11)9(5,3)13-10/h7-8,11-12H,1-4H3/t7?,8?,9-,10+. The van der Waals surface area contributed by atoms with Crippen LogP contribution in [0.5, 0.6) is 0 Å². The van der Waals surface area contributed by atoms with Crippen molar-refractivity contribution in [3.8, 4) is 0 Å². The highest BCUT2D eigenvalue weighted by atomic mass is 16.6. The molecule has 0 aliphatic carbocycles. The topological polar surface area (TPSA) is 49.7 Å². The van der Waals surface area contributed by atoms with Gasteiger partial charge in [-0.2, -0.15) is 0 Å². The number of fused-ring (bicyclic) bond motifs is 2. The van der Waals surface area contributed by atoms with Crippen molar-refractivity contribution < 1.29 is 14.9 Å². The lowest BCUT2D eigenvalue weighted by Crippen LogP contribution is -2.47. The molecule has 13 heavy (non-hydrogen) atoms. The van der Waals surface area contributed by atoms with Crippen molar-refractivity contribution >= 4 is 0 Å². The maximum atomic E-state index is 9.79. The van der Waals surface area contributed by atoms with Crippen LogP contribution in [0.3, 0.4) is 0 Å². The van der Waals surface area contributed by atoms with Gasteiger partial charge in [0.25, 0.3) is 0 Å². The molecule has 2 aliphatic heterocycles. The highest BCUT2D eigenvalue weighted by molar-refractivity contribution is 5.41. The van der Waals surface area contributed by atoms with Gasteiger partial charge in [0.2, 0.25) is 0 Å². The molecule has 2 aliphatic rings. The van der Waals surface area contributed by atoms with Crippen LogP contribution in [0.1, 0.15) is 27.7 Å². The first-order chi connectivity index (χ1) is 5.84. The van der Waals surface area contributed by atoms with Crippen LogP contribution in [-0.4, -0.2) is 33.6 Å². The average Bonchev–Trinajstić information content (AvgIpc) is 2.36. The van der Waals surface area contributed by atoms with Crippen LogP contribution in [-0.2, 0) is 4.74 Å². The van der Waals surface area contributed by atoms with Crippen LogP contribution in [0.4, 0.5) is 0 Å². The predicted molar refractivity (Wildman–Crippen MR) is 48.3 cm³/mol. The van der Waals surface area contributed by atoms with Gasteiger partial charge in [0.15, 0.2) is 0 Å². The minimum absolute atomic E-state index is 0.682. The van der Waals surface area contributed by atoms with Gasteiger partial charge in [-0.15, -0.1) is 0 Å². The monoisotopic (exact) mass is 184 g/mol. The average molecular weight is 184 g/mol. The summed E-state index contributed by atoms with van der Waals surface area (Å²) >= 11 is 0. The fourth-order valence-corrected chi connectivity index (χ4v) is 2.51. The molecule has 0 saturated carbocycles. The number of ether oxygens (including phenoxy) is 1. The summed E-state index contributed by atoms with van der Waals surface area (Å²) in [5, 5.41) is 19.6. The van der Waals surface area contributed by atoms with Gasteiger partial charge in [-0.05, 0) is 38.8 Å². The molecule has 0 aromatic heterocycles. The van der Waals surface area contributed by atoms with Gasteiger partial charge in [-0.3, -0.25) is 0 Å². The third kappa shape index (κ3) is 0.760. The Labute approximate surface area is 78.0 Å². The zero-order valence-corrected chi connectivity index (χ0v) is 8.46. The van der Waals surface area contributed by atoms with Gasteiger partial charge >= 0.3 is 0 Å². The molecule has 2 N–H and O–H groups in total. The van der Waals surface area contributed by atoms with Crippen molar-refractivity contribution in [1.82, 2.24) is 0 Å². The first kappa shape index (κ1) is 9.19. The summed E-state index contributed by atoms with van der Waals surface area (Å²) in [6.45, 7) is 7.57. The van der Waals surface area contributed by atoms with Gasteiger partial charge in [-0.25, -0.2) is 0 Å². The van der Waals surface area contributed by atoms with Crippen molar-refractivity contribution in [3.05, 3.63) is 11.1 Å². The molecule has 2 bridgehead atoms. The van der Waals surface area contributed by atoms with Gasteiger partial charge in [-0.1, -0.05) is 0 Å². The first-order valence-electron chi connectivity index (χ1n) is 4.59. The molecule has 3 heteroatoms. The van der Waals surface area contributed by atoms with Gasteiger partial charge in [0, 0.05) is 0 Å². The summed E-state index contributed by atoms with van der Waals surface area (Å²) in [6.07, 6.45) is -1.61. The van der Waals surface area contributed by atoms with Crippen LogP contribution in [0.15, 0.2) is 11.1 Å². The normalized spacial score (nSPS) is 54.9. The number of aliphatic hydroxyl groups excluding tert-OH is 2. The Kier molecular flexibility index (Phi) is 1.53. The SMILES string of the molecule is CC1=C(C)[C@@]2(C)O[C@]1(C)C(O)C2O. The van der Waals surface area contributed by atoms with E-state index in [1.54, 1.807) is 0 Å². The molecular formula is C10H16O3.